The molecule has 80 valence electrons. The van der Waals surface area contributed by atoms with Gasteiger partial charge < -0.3 is 0 Å². The van der Waals surface area contributed by atoms with E-state index >= 15 is 0 Å². The third kappa shape index (κ3) is 3.14. The summed E-state index contributed by atoms with van der Waals surface area (Å²) in [5, 5.41) is 0. The Bertz CT molecular complexity index is 456. The molecular weight excluding hydrogens is 192 g/mol. The zero-order valence-corrected chi connectivity index (χ0v) is 9.61. The molecule has 1 atom stereocenters. The fourth-order valence-electron chi connectivity index (χ4n) is 1.80. The van der Waals surface area contributed by atoms with Crippen LogP contribution in [0, 0.1) is 17.8 Å². The summed E-state index contributed by atoms with van der Waals surface area (Å²) in [6.45, 7) is 2.13. The molecule has 0 N–H and O–H groups in total. The molecule has 0 spiro atoms. The third-order valence-electron chi connectivity index (χ3n) is 2.65. The molecule has 0 aromatic carbocycles. The van der Waals surface area contributed by atoms with Crippen LogP contribution in [-0.2, 0) is 0 Å². The molecule has 0 aliphatic heterocycles. The SMILES string of the molecule is CC1=CC(C#CC2=CC=CC=CC2)CC=C1. The first kappa shape index (κ1) is 10.8. The first-order valence-electron chi connectivity index (χ1n) is 5.73. The van der Waals surface area contributed by atoms with Crippen molar-refractivity contribution < 1.29 is 0 Å². The molecule has 2 aliphatic rings. The van der Waals surface area contributed by atoms with E-state index in [1.54, 1.807) is 0 Å². The molecular formula is C16H16. The van der Waals surface area contributed by atoms with E-state index in [4.69, 9.17) is 0 Å². The van der Waals surface area contributed by atoms with Gasteiger partial charge in [0.1, 0.15) is 0 Å². The molecule has 0 amide bonds. The Labute approximate surface area is 97.8 Å². The molecule has 0 heteroatoms. The van der Waals surface area contributed by atoms with Gasteiger partial charge in [-0.3, -0.25) is 0 Å². The highest BCUT2D eigenvalue weighted by molar-refractivity contribution is 5.38. The van der Waals surface area contributed by atoms with Crippen LogP contribution in [0.3, 0.4) is 0 Å². The van der Waals surface area contributed by atoms with Crippen molar-refractivity contribution in [1.29, 1.82) is 0 Å². The van der Waals surface area contributed by atoms with Gasteiger partial charge in [-0.2, -0.15) is 0 Å². The maximum absolute atomic E-state index is 3.34. The van der Waals surface area contributed by atoms with E-state index in [0.29, 0.717) is 5.92 Å². The van der Waals surface area contributed by atoms with Crippen molar-refractivity contribution in [3.63, 3.8) is 0 Å². The summed E-state index contributed by atoms with van der Waals surface area (Å²) in [5.74, 6) is 7.01. The van der Waals surface area contributed by atoms with E-state index in [1.807, 2.05) is 6.08 Å². The summed E-state index contributed by atoms with van der Waals surface area (Å²) in [5.41, 5.74) is 2.52. The minimum atomic E-state index is 0.391. The van der Waals surface area contributed by atoms with Gasteiger partial charge in [0.05, 0.1) is 0 Å². The maximum atomic E-state index is 3.34. The Kier molecular flexibility index (Phi) is 3.62. The van der Waals surface area contributed by atoms with Crippen molar-refractivity contribution in [1.82, 2.24) is 0 Å². The molecule has 0 radical (unpaired) electrons. The Hall–Kier alpha value is -1.74. The molecule has 16 heavy (non-hydrogen) atoms. The highest BCUT2D eigenvalue weighted by Crippen LogP contribution is 2.15. The van der Waals surface area contributed by atoms with Crippen LogP contribution in [-0.4, -0.2) is 0 Å². The van der Waals surface area contributed by atoms with Gasteiger partial charge in [0.2, 0.25) is 0 Å². The van der Waals surface area contributed by atoms with Crippen molar-refractivity contribution in [3.05, 3.63) is 59.8 Å². The van der Waals surface area contributed by atoms with Crippen molar-refractivity contribution in [2.75, 3.05) is 0 Å². The van der Waals surface area contributed by atoms with Gasteiger partial charge in [0.25, 0.3) is 0 Å². The van der Waals surface area contributed by atoms with Crippen molar-refractivity contribution in [3.8, 4) is 11.8 Å². The van der Waals surface area contributed by atoms with Crippen LogP contribution >= 0.6 is 0 Å². The molecule has 1 unspecified atom stereocenters. The van der Waals surface area contributed by atoms with Crippen molar-refractivity contribution in [2.24, 2.45) is 5.92 Å². The van der Waals surface area contributed by atoms with Crippen LogP contribution in [0.25, 0.3) is 0 Å². The second kappa shape index (κ2) is 5.37. The summed E-state index contributed by atoms with van der Waals surface area (Å²) in [6.07, 6.45) is 19.0. The largest absolute Gasteiger partial charge is 0.0903 e. The normalized spacial score (nSPS) is 22.9. The molecule has 0 bridgehead atoms. The van der Waals surface area contributed by atoms with Crippen molar-refractivity contribution in [2.45, 2.75) is 19.8 Å². The smallest absolute Gasteiger partial charge is 0.0426 e. The van der Waals surface area contributed by atoms with Gasteiger partial charge in [-0.15, -0.1) is 0 Å². The maximum Gasteiger partial charge on any atom is 0.0426 e. The number of rotatable bonds is 0. The second-order valence-corrected chi connectivity index (χ2v) is 4.13. The predicted octanol–water partition coefficient (Wildman–Crippen LogP) is 3.95. The van der Waals surface area contributed by atoms with Crippen LogP contribution in [0.15, 0.2) is 59.8 Å². The molecule has 0 aromatic heterocycles. The van der Waals surface area contributed by atoms with Gasteiger partial charge in [0, 0.05) is 11.5 Å². The quantitative estimate of drug-likeness (QED) is 0.529. The van der Waals surface area contributed by atoms with Gasteiger partial charge in [-0.25, -0.2) is 0 Å². The Morgan fingerprint density at radius 2 is 2.12 bits per heavy atom. The molecule has 2 aliphatic carbocycles. The van der Waals surface area contributed by atoms with Crippen molar-refractivity contribution >= 4 is 0 Å². The topological polar surface area (TPSA) is 0 Å². The van der Waals surface area contributed by atoms with Crippen LogP contribution in [0.2, 0.25) is 0 Å². The van der Waals surface area contributed by atoms with Gasteiger partial charge in [-0.05, 0) is 19.8 Å². The first-order valence-corrected chi connectivity index (χ1v) is 5.73. The number of hydrogen-bond acceptors (Lipinski definition) is 0. The zero-order valence-electron chi connectivity index (χ0n) is 9.61. The van der Waals surface area contributed by atoms with E-state index in [1.165, 1.54) is 11.1 Å². The lowest BCUT2D eigenvalue weighted by Crippen LogP contribution is -1.95. The molecule has 0 aromatic rings. The van der Waals surface area contributed by atoms with Gasteiger partial charge in [0.15, 0.2) is 0 Å². The number of hydrogen-bond donors (Lipinski definition) is 0. The monoisotopic (exact) mass is 208 g/mol. The lowest BCUT2D eigenvalue weighted by atomic mass is 9.97. The van der Waals surface area contributed by atoms with E-state index in [2.05, 4.69) is 61.3 Å². The van der Waals surface area contributed by atoms with Gasteiger partial charge in [-0.1, -0.05) is 66.0 Å². The summed E-state index contributed by atoms with van der Waals surface area (Å²) in [7, 11) is 0. The minimum absolute atomic E-state index is 0.391. The average Bonchev–Trinajstić information content (AvgIpc) is 2.55. The second-order valence-electron chi connectivity index (χ2n) is 4.13. The highest BCUT2D eigenvalue weighted by Gasteiger charge is 2.03. The summed E-state index contributed by atoms with van der Waals surface area (Å²) < 4.78 is 0. The van der Waals surface area contributed by atoms with E-state index in [-0.39, 0.29) is 0 Å². The number of allylic oxidation sites excluding steroid dienone is 10. The highest BCUT2D eigenvalue weighted by atomic mass is 14.1. The van der Waals surface area contributed by atoms with Crippen LogP contribution < -0.4 is 0 Å². The Morgan fingerprint density at radius 3 is 3.00 bits per heavy atom. The van der Waals surface area contributed by atoms with E-state index in [0.717, 1.165) is 12.8 Å². The Morgan fingerprint density at radius 1 is 1.19 bits per heavy atom. The standard InChI is InChI=1S/C16H16/c1-14-7-6-10-16(13-14)12-11-15-8-4-2-3-5-9-15/h2-8,13,16H,9-10H2,1H3. The van der Waals surface area contributed by atoms with Crippen LogP contribution in [0.1, 0.15) is 19.8 Å². The lowest BCUT2D eigenvalue weighted by Gasteiger charge is -2.07. The lowest BCUT2D eigenvalue weighted by molar-refractivity contribution is 0.841. The molecule has 2 rings (SSSR count). The van der Waals surface area contributed by atoms with Crippen LogP contribution in [0.4, 0.5) is 0 Å². The molecule has 0 saturated carbocycles. The summed E-state index contributed by atoms with van der Waals surface area (Å²) >= 11 is 0. The average molecular weight is 208 g/mol. The fourth-order valence-corrected chi connectivity index (χ4v) is 1.80. The molecule has 0 fully saturated rings. The summed E-state index contributed by atoms with van der Waals surface area (Å²) in [6, 6.07) is 0. The van der Waals surface area contributed by atoms with Gasteiger partial charge >= 0.3 is 0 Å². The van der Waals surface area contributed by atoms with E-state index < -0.39 is 0 Å². The summed E-state index contributed by atoms with van der Waals surface area (Å²) in [4.78, 5) is 0. The van der Waals surface area contributed by atoms with Crippen LogP contribution in [0.5, 0.6) is 0 Å². The first-order chi connectivity index (χ1) is 7.84. The minimum Gasteiger partial charge on any atom is -0.0903 e. The predicted molar refractivity (Wildman–Crippen MR) is 69.8 cm³/mol. The fraction of sp³-hybridized carbons (Fsp3) is 0.250. The Balaban J connectivity index is 2.05. The molecule has 0 saturated heterocycles. The van der Waals surface area contributed by atoms with E-state index in [9.17, 15) is 0 Å². The molecule has 0 heterocycles. The third-order valence-corrected chi connectivity index (χ3v) is 2.65. The molecule has 0 nitrogen and oxygen atoms in total. The zero-order chi connectivity index (χ0) is 11.2.